The van der Waals surface area contributed by atoms with E-state index in [1.807, 2.05) is 18.2 Å². The molecule has 0 spiro atoms. The lowest BCUT2D eigenvalue weighted by atomic mass is 10.1. The summed E-state index contributed by atoms with van der Waals surface area (Å²) in [4.78, 5) is 20.7. The molecule has 28 heavy (non-hydrogen) atoms. The minimum atomic E-state index is -0.776. The fourth-order valence-corrected chi connectivity index (χ4v) is 3.68. The van der Waals surface area contributed by atoms with Crippen LogP contribution in [0.2, 0.25) is 0 Å². The Bertz CT molecular complexity index is 854. The summed E-state index contributed by atoms with van der Waals surface area (Å²) in [5.74, 6) is 0.0967. The van der Waals surface area contributed by atoms with Gasteiger partial charge < -0.3 is 25.4 Å². The SMILES string of the molecule is CC1=C(C(N)=NC=N)C(=O)N(c2ccc3c(c2)CCN3CC(C)(C)O)CCO1. The van der Waals surface area contributed by atoms with Gasteiger partial charge in [-0.3, -0.25) is 10.2 Å². The van der Waals surface area contributed by atoms with Crippen molar-refractivity contribution in [2.45, 2.75) is 32.8 Å². The maximum Gasteiger partial charge on any atom is 0.265 e. The van der Waals surface area contributed by atoms with E-state index in [0.717, 1.165) is 36.2 Å². The Morgan fingerprint density at radius 3 is 2.86 bits per heavy atom. The van der Waals surface area contributed by atoms with Gasteiger partial charge in [-0.25, -0.2) is 4.99 Å². The summed E-state index contributed by atoms with van der Waals surface area (Å²) in [6.07, 6.45) is 1.67. The van der Waals surface area contributed by atoms with Crippen molar-refractivity contribution in [2.75, 3.05) is 36.0 Å². The van der Waals surface area contributed by atoms with Crippen molar-refractivity contribution >= 4 is 29.5 Å². The van der Waals surface area contributed by atoms with Crippen molar-refractivity contribution in [1.29, 1.82) is 5.41 Å². The zero-order valence-electron chi connectivity index (χ0n) is 16.5. The highest BCUT2D eigenvalue weighted by Gasteiger charge is 2.30. The highest BCUT2D eigenvalue weighted by atomic mass is 16.5. The smallest absolute Gasteiger partial charge is 0.265 e. The fourth-order valence-electron chi connectivity index (χ4n) is 3.68. The average molecular weight is 385 g/mol. The number of allylic oxidation sites excluding steroid dienone is 1. The van der Waals surface area contributed by atoms with E-state index in [4.69, 9.17) is 15.9 Å². The maximum atomic E-state index is 13.1. The summed E-state index contributed by atoms with van der Waals surface area (Å²) in [6.45, 7) is 7.41. The third-order valence-electron chi connectivity index (χ3n) is 4.85. The van der Waals surface area contributed by atoms with E-state index in [-0.39, 0.29) is 17.3 Å². The molecule has 1 aromatic rings. The van der Waals surface area contributed by atoms with Crippen molar-refractivity contribution in [1.82, 2.24) is 0 Å². The number of benzene rings is 1. The average Bonchev–Trinajstić information content (AvgIpc) is 2.91. The predicted molar refractivity (Wildman–Crippen MR) is 110 cm³/mol. The van der Waals surface area contributed by atoms with E-state index in [2.05, 4.69) is 9.89 Å². The number of aliphatic hydroxyl groups is 1. The monoisotopic (exact) mass is 385 g/mol. The quantitative estimate of drug-likeness (QED) is 0.524. The number of amidine groups is 1. The Balaban J connectivity index is 1.91. The van der Waals surface area contributed by atoms with Gasteiger partial charge in [0, 0.05) is 24.5 Å². The number of ether oxygens (including phenoxy) is 1. The number of hydrogen-bond donors (Lipinski definition) is 3. The topological polar surface area (TPSA) is 115 Å². The molecule has 1 aromatic carbocycles. The molecule has 0 aliphatic carbocycles. The zero-order valence-corrected chi connectivity index (χ0v) is 16.5. The first-order chi connectivity index (χ1) is 13.2. The van der Waals surface area contributed by atoms with Gasteiger partial charge in [0.2, 0.25) is 0 Å². The Morgan fingerprint density at radius 2 is 2.18 bits per heavy atom. The molecule has 4 N–H and O–H groups in total. The van der Waals surface area contributed by atoms with Crippen molar-refractivity contribution in [3.05, 3.63) is 35.1 Å². The van der Waals surface area contributed by atoms with Gasteiger partial charge in [0.05, 0.1) is 12.1 Å². The van der Waals surface area contributed by atoms with Gasteiger partial charge in [0.25, 0.3) is 5.91 Å². The minimum Gasteiger partial charge on any atom is -0.495 e. The molecular weight excluding hydrogens is 358 g/mol. The highest BCUT2D eigenvalue weighted by Crippen LogP contribution is 2.33. The first kappa shape index (κ1) is 19.9. The van der Waals surface area contributed by atoms with Crippen LogP contribution in [0.25, 0.3) is 0 Å². The third-order valence-corrected chi connectivity index (χ3v) is 4.85. The molecule has 0 aromatic heterocycles. The molecular formula is C20H27N5O3. The van der Waals surface area contributed by atoms with Gasteiger partial charge in [0.15, 0.2) is 0 Å². The van der Waals surface area contributed by atoms with Crippen LogP contribution >= 0.6 is 0 Å². The number of fused-ring (bicyclic) bond motifs is 1. The van der Waals surface area contributed by atoms with E-state index in [0.29, 0.717) is 25.5 Å². The molecule has 2 aliphatic rings. The molecule has 0 bridgehead atoms. The molecule has 8 heteroatoms. The molecule has 0 unspecified atom stereocenters. The van der Waals surface area contributed by atoms with Crippen LogP contribution < -0.4 is 15.5 Å². The van der Waals surface area contributed by atoms with E-state index < -0.39 is 5.60 Å². The number of carbonyl (C=O) groups excluding carboxylic acids is 1. The van der Waals surface area contributed by atoms with Crippen LogP contribution in [0, 0.1) is 5.41 Å². The van der Waals surface area contributed by atoms with Crippen LogP contribution in [0.4, 0.5) is 11.4 Å². The Labute approximate surface area is 164 Å². The van der Waals surface area contributed by atoms with Crippen molar-refractivity contribution in [2.24, 2.45) is 10.7 Å². The van der Waals surface area contributed by atoms with Gasteiger partial charge in [-0.15, -0.1) is 0 Å². The standard InChI is InChI=1S/C20H27N5O3/c1-13-17(18(22)23-12-21)19(26)25(8-9-28-13)15-4-5-16-14(10-15)6-7-24(16)11-20(2,3)27/h4-5,10,12,27H,6-9,11H2,1-3H3,(H3,21,22,23). The first-order valence-electron chi connectivity index (χ1n) is 9.29. The molecule has 1 amide bonds. The van der Waals surface area contributed by atoms with E-state index in [9.17, 15) is 9.90 Å². The number of nitrogens with zero attached hydrogens (tertiary/aromatic N) is 3. The van der Waals surface area contributed by atoms with Crippen LogP contribution in [-0.2, 0) is 16.0 Å². The number of anilines is 2. The predicted octanol–water partition coefficient (Wildman–Crippen LogP) is 1.42. The van der Waals surface area contributed by atoms with Gasteiger partial charge in [-0.1, -0.05) is 0 Å². The Kier molecular flexibility index (Phi) is 5.42. The normalized spacial score (nSPS) is 18.1. The van der Waals surface area contributed by atoms with E-state index in [1.54, 1.807) is 25.7 Å². The van der Waals surface area contributed by atoms with E-state index in [1.165, 1.54) is 0 Å². The highest BCUT2D eigenvalue weighted by molar-refractivity contribution is 6.26. The molecule has 2 aliphatic heterocycles. The number of β-amino-alcohol motifs (C(OH)–C–C–N with tert-alkyl or cyclic N) is 1. The lowest BCUT2D eigenvalue weighted by molar-refractivity contribution is -0.114. The molecule has 8 nitrogen and oxygen atoms in total. The second kappa shape index (κ2) is 7.63. The number of nitrogens with one attached hydrogen (secondary N) is 1. The van der Waals surface area contributed by atoms with Crippen LogP contribution in [0.3, 0.4) is 0 Å². The van der Waals surface area contributed by atoms with E-state index >= 15 is 0 Å². The third kappa shape index (κ3) is 4.01. The molecule has 150 valence electrons. The number of aliphatic imine (C=N–C) groups is 1. The fraction of sp³-hybridized carbons (Fsp3) is 0.450. The number of amides is 1. The second-order valence-corrected chi connectivity index (χ2v) is 7.68. The van der Waals surface area contributed by atoms with Crippen LogP contribution in [0.5, 0.6) is 0 Å². The minimum absolute atomic E-state index is 0.0260. The second-order valence-electron chi connectivity index (χ2n) is 7.68. The summed E-state index contributed by atoms with van der Waals surface area (Å²) >= 11 is 0. The molecule has 0 fully saturated rings. The number of rotatable bonds is 5. The van der Waals surface area contributed by atoms with Gasteiger partial charge in [-0.05, 0) is 51.0 Å². The van der Waals surface area contributed by atoms with Crippen molar-refractivity contribution in [3.8, 4) is 0 Å². The number of nitrogens with two attached hydrogens (primary N) is 1. The molecule has 3 rings (SSSR count). The summed E-state index contributed by atoms with van der Waals surface area (Å²) in [7, 11) is 0. The molecule has 0 atom stereocenters. The Hall–Kier alpha value is -2.87. The molecule has 0 saturated carbocycles. The maximum absolute atomic E-state index is 13.1. The Morgan fingerprint density at radius 1 is 1.43 bits per heavy atom. The van der Waals surface area contributed by atoms with Crippen molar-refractivity contribution < 1.29 is 14.6 Å². The van der Waals surface area contributed by atoms with Crippen molar-refractivity contribution in [3.63, 3.8) is 0 Å². The van der Waals surface area contributed by atoms with Crippen LogP contribution in [-0.4, -0.2) is 55.0 Å². The largest absolute Gasteiger partial charge is 0.495 e. The summed E-state index contributed by atoms with van der Waals surface area (Å²) < 4.78 is 5.61. The molecule has 0 saturated heterocycles. The van der Waals surface area contributed by atoms with Gasteiger partial charge >= 0.3 is 0 Å². The lowest BCUT2D eigenvalue weighted by Gasteiger charge is -2.28. The molecule has 0 radical (unpaired) electrons. The lowest BCUT2D eigenvalue weighted by Crippen LogP contribution is -2.38. The first-order valence-corrected chi connectivity index (χ1v) is 9.29. The summed E-state index contributed by atoms with van der Waals surface area (Å²) in [5, 5.41) is 17.2. The van der Waals surface area contributed by atoms with Crippen LogP contribution in [0.1, 0.15) is 26.3 Å². The number of carbonyl (C=O) groups is 1. The van der Waals surface area contributed by atoms with Crippen LogP contribution in [0.15, 0.2) is 34.5 Å². The molecule has 2 heterocycles. The van der Waals surface area contributed by atoms with Gasteiger partial charge in [-0.2, -0.15) is 0 Å². The summed E-state index contributed by atoms with van der Waals surface area (Å²) in [6, 6.07) is 5.91. The number of hydrogen-bond acceptors (Lipinski definition) is 5. The zero-order chi connectivity index (χ0) is 20.5. The summed E-state index contributed by atoms with van der Waals surface area (Å²) in [5.41, 5.74) is 8.31. The van der Waals surface area contributed by atoms with Gasteiger partial charge in [0.1, 0.15) is 30.1 Å².